The molecule has 1 aliphatic rings. The maximum absolute atomic E-state index is 12.9. The third kappa shape index (κ3) is 7.53. The van der Waals surface area contributed by atoms with Crippen LogP contribution in [0.5, 0.6) is 0 Å². The minimum absolute atomic E-state index is 0.0819. The number of rotatable bonds is 10. The number of carbonyl (C=O) groups is 1. The third-order valence-corrected chi connectivity index (χ3v) is 8.09. The molecule has 0 aliphatic heterocycles. The van der Waals surface area contributed by atoms with Gasteiger partial charge in [0.05, 0.1) is 16.8 Å². The second kappa shape index (κ2) is 11.9. The van der Waals surface area contributed by atoms with Crippen LogP contribution in [0.2, 0.25) is 0 Å². The molecule has 38 heavy (non-hydrogen) atoms. The summed E-state index contributed by atoms with van der Waals surface area (Å²) in [5.41, 5.74) is 10.2. The number of oxime groups is 1. The fourth-order valence-corrected chi connectivity index (χ4v) is 5.82. The van der Waals surface area contributed by atoms with Crippen LogP contribution in [0.25, 0.3) is 11.1 Å². The number of nitrogens with one attached hydrogen (secondary N) is 2. The molecule has 12 heteroatoms. The standard InChI is InChI=1S/C26H32N4O6S2/c1-17-20(12-13-22(29-32)25(17)27)16-23(30-38(3,35)36)26(31)28-15-14-18-8-10-19(11-9-18)21-6-4-5-7-24(21)37(2,33)34/h4-12,23,30,32H,13-16,27H2,1-3H3,(H,28,31)/t23-/m0/s1. The quantitative estimate of drug-likeness (QED) is 0.255. The SMILES string of the molecule is CC1=C(N)C(=NO)CC=C1C[C@H](NS(C)(=O)=O)C(=O)NCCc1ccc(-c2ccccc2S(C)(=O)=O)cc1. The normalized spacial score (nSPS) is 16.3. The summed E-state index contributed by atoms with van der Waals surface area (Å²) in [7, 11) is -7.07. The van der Waals surface area contributed by atoms with Crippen LogP contribution in [0.4, 0.5) is 0 Å². The van der Waals surface area contributed by atoms with Gasteiger partial charge in [-0.05, 0) is 48.1 Å². The molecule has 0 saturated carbocycles. The predicted molar refractivity (Wildman–Crippen MR) is 147 cm³/mol. The van der Waals surface area contributed by atoms with E-state index in [4.69, 9.17) is 10.9 Å². The lowest BCUT2D eigenvalue weighted by Crippen LogP contribution is -2.47. The van der Waals surface area contributed by atoms with Gasteiger partial charge in [-0.15, -0.1) is 0 Å². The van der Waals surface area contributed by atoms with E-state index in [-0.39, 0.29) is 24.3 Å². The summed E-state index contributed by atoms with van der Waals surface area (Å²) in [5, 5.41) is 15.0. The van der Waals surface area contributed by atoms with E-state index in [0.717, 1.165) is 17.4 Å². The Morgan fingerprint density at radius 2 is 1.74 bits per heavy atom. The first-order chi connectivity index (χ1) is 17.8. The van der Waals surface area contributed by atoms with Crippen LogP contribution >= 0.6 is 0 Å². The van der Waals surface area contributed by atoms with Gasteiger partial charge in [0.15, 0.2) is 9.84 Å². The van der Waals surface area contributed by atoms with Crippen LogP contribution in [0, 0.1) is 0 Å². The van der Waals surface area contributed by atoms with E-state index in [1.807, 2.05) is 24.3 Å². The van der Waals surface area contributed by atoms with Gasteiger partial charge >= 0.3 is 0 Å². The topological polar surface area (TPSA) is 168 Å². The molecule has 1 atom stereocenters. The minimum Gasteiger partial charge on any atom is -0.411 e. The highest BCUT2D eigenvalue weighted by Gasteiger charge is 2.26. The number of nitrogens with zero attached hydrogens (tertiary/aromatic N) is 1. The van der Waals surface area contributed by atoms with Gasteiger partial charge in [0.25, 0.3) is 0 Å². The first-order valence-electron chi connectivity index (χ1n) is 11.8. The van der Waals surface area contributed by atoms with Crippen LogP contribution in [0.1, 0.15) is 25.3 Å². The third-order valence-electron chi connectivity index (χ3n) is 6.22. The molecule has 204 valence electrons. The molecule has 0 fully saturated rings. The van der Waals surface area contributed by atoms with Crippen LogP contribution in [0.3, 0.4) is 0 Å². The van der Waals surface area contributed by atoms with Crippen molar-refractivity contribution in [2.45, 2.75) is 37.1 Å². The van der Waals surface area contributed by atoms with Crippen molar-refractivity contribution in [3.05, 3.63) is 77.0 Å². The van der Waals surface area contributed by atoms with E-state index >= 15 is 0 Å². The van der Waals surface area contributed by atoms with E-state index in [0.29, 0.717) is 34.5 Å². The van der Waals surface area contributed by atoms with E-state index in [1.54, 1.807) is 37.3 Å². The van der Waals surface area contributed by atoms with Gasteiger partial charge < -0.3 is 16.3 Å². The highest BCUT2D eigenvalue weighted by atomic mass is 32.2. The summed E-state index contributed by atoms with van der Waals surface area (Å²) < 4.78 is 50.5. The van der Waals surface area contributed by atoms with Crippen molar-refractivity contribution in [3.63, 3.8) is 0 Å². The highest BCUT2D eigenvalue weighted by Crippen LogP contribution is 2.28. The lowest BCUT2D eigenvalue weighted by atomic mass is 9.90. The molecule has 10 nitrogen and oxygen atoms in total. The number of allylic oxidation sites excluding steroid dienone is 3. The van der Waals surface area contributed by atoms with Crippen molar-refractivity contribution in [1.82, 2.24) is 10.0 Å². The summed E-state index contributed by atoms with van der Waals surface area (Å²) in [6.07, 6.45) is 4.75. The molecule has 0 heterocycles. The van der Waals surface area contributed by atoms with Gasteiger partial charge in [-0.2, -0.15) is 0 Å². The smallest absolute Gasteiger partial charge is 0.238 e. The van der Waals surface area contributed by atoms with Gasteiger partial charge in [-0.25, -0.2) is 21.6 Å². The largest absolute Gasteiger partial charge is 0.411 e. The molecule has 0 bridgehead atoms. The Balaban J connectivity index is 1.67. The van der Waals surface area contributed by atoms with Gasteiger partial charge in [-0.1, -0.05) is 53.7 Å². The van der Waals surface area contributed by atoms with Gasteiger partial charge in [-0.3, -0.25) is 4.79 Å². The molecule has 5 N–H and O–H groups in total. The first kappa shape index (κ1) is 29.1. The fraction of sp³-hybridized carbons (Fsp3) is 0.308. The summed E-state index contributed by atoms with van der Waals surface area (Å²) in [6.45, 7) is 1.98. The van der Waals surface area contributed by atoms with Crippen molar-refractivity contribution in [3.8, 4) is 11.1 Å². The van der Waals surface area contributed by atoms with Crippen molar-refractivity contribution >= 4 is 31.5 Å². The van der Waals surface area contributed by atoms with Gasteiger partial charge in [0.2, 0.25) is 15.9 Å². The number of carbonyl (C=O) groups excluding carboxylic acids is 1. The Labute approximate surface area is 223 Å². The Kier molecular flexibility index (Phi) is 9.13. The Morgan fingerprint density at radius 3 is 2.34 bits per heavy atom. The molecular formula is C26H32N4O6S2. The summed E-state index contributed by atoms with van der Waals surface area (Å²) >= 11 is 0. The van der Waals surface area contributed by atoms with E-state index < -0.39 is 31.8 Å². The number of benzene rings is 2. The van der Waals surface area contributed by atoms with Crippen LogP contribution in [0.15, 0.2) is 81.5 Å². The summed E-state index contributed by atoms with van der Waals surface area (Å²) in [4.78, 5) is 13.2. The molecule has 2 aromatic carbocycles. The summed E-state index contributed by atoms with van der Waals surface area (Å²) in [6, 6.07) is 13.1. The molecule has 3 rings (SSSR count). The fourth-order valence-electron chi connectivity index (χ4n) is 4.20. The van der Waals surface area contributed by atoms with E-state index in [1.165, 1.54) is 6.26 Å². The highest BCUT2D eigenvalue weighted by molar-refractivity contribution is 7.90. The molecule has 1 amide bonds. The van der Waals surface area contributed by atoms with E-state index in [2.05, 4.69) is 15.2 Å². The van der Waals surface area contributed by atoms with Crippen molar-refractivity contribution in [2.75, 3.05) is 19.1 Å². The Hall–Kier alpha value is -3.48. The molecule has 0 unspecified atom stereocenters. The number of amides is 1. The molecule has 0 spiro atoms. The molecule has 2 aromatic rings. The van der Waals surface area contributed by atoms with Crippen LogP contribution < -0.4 is 15.8 Å². The Morgan fingerprint density at radius 1 is 1.08 bits per heavy atom. The number of nitrogens with two attached hydrogens (primary N) is 1. The zero-order chi connectivity index (χ0) is 28.1. The van der Waals surface area contributed by atoms with E-state index in [9.17, 15) is 21.6 Å². The van der Waals surface area contributed by atoms with Gasteiger partial charge in [0.1, 0.15) is 11.8 Å². The Bertz CT molecular complexity index is 1510. The number of sulfonamides is 1. The van der Waals surface area contributed by atoms with Crippen molar-refractivity contribution in [2.24, 2.45) is 10.9 Å². The molecular weight excluding hydrogens is 528 g/mol. The second-order valence-corrected chi connectivity index (χ2v) is 12.9. The molecule has 0 aromatic heterocycles. The van der Waals surface area contributed by atoms with Crippen LogP contribution in [-0.4, -0.2) is 58.8 Å². The minimum atomic E-state index is -3.68. The average Bonchev–Trinajstić information content (AvgIpc) is 2.85. The van der Waals surface area contributed by atoms with Crippen molar-refractivity contribution < 1.29 is 26.8 Å². The molecule has 1 aliphatic carbocycles. The maximum atomic E-state index is 12.9. The molecule has 0 radical (unpaired) electrons. The van der Waals surface area contributed by atoms with Crippen LogP contribution in [-0.2, 0) is 31.1 Å². The monoisotopic (exact) mass is 560 g/mol. The zero-order valence-corrected chi connectivity index (χ0v) is 23.1. The lowest BCUT2D eigenvalue weighted by molar-refractivity contribution is -0.122. The van der Waals surface area contributed by atoms with Gasteiger partial charge in [0, 0.05) is 24.8 Å². The maximum Gasteiger partial charge on any atom is 0.238 e. The zero-order valence-electron chi connectivity index (χ0n) is 21.4. The number of hydrogen-bond acceptors (Lipinski definition) is 8. The molecule has 0 saturated heterocycles. The first-order valence-corrected chi connectivity index (χ1v) is 15.6. The predicted octanol–water partition coefficient (Wildman–Crippen LogP) is 2.12. The van der Waals surface area contributed by atoms with Crippen molar-refractivity contribution in [1.29, 1.82) is 0 Å². The number of hydrogen-bond donors (Lipinski definition) is 4. The lowest BCUT2D eigenvalue weighted by Gasteiger charge is -2.22. The second-order valence-electron chi connectivity index (χ2n) is 9.17. The summed E-state index contributed by atoms with van der Waals surface area (Å²) in [5.74, 6) is -0.483. The number of sulfone groups is 1. The average molecular weight is 561 g/mol.